The first-order valence-corrected chi connectivity index (χ1v) is 20.2. The summed E-state index contributed by atoms with van der Waals surface area (Å²) in [6.45, 7) is 17.9. The zero-order valence-electron chi connectivity index (χ0n) is 36.2. The van der Waals surface area contributed by atoms with Gasteiger partial charge in [0.1, 0.15) is 35.7 Å². The zero-order chi connectivity index (χ0) is 43.2. The van der Waals surface area contributed by atoms with Gasteiger partial charge in [-0.1, -0.05) is 85.5 Å². The van der Waals surface area contributed by atoms with E-state index in [1.54, 1.807) is 31.3 Å². The van der Waals surface area contributed by atoms with Crippen LogP contribution in [0.3, 0.4) is 0 Å². The minimum Gasteiger partial charge on any atom is -0.496 e. The lowest BCUT2D eigenvalue weighted by atomic mass is 9.85. The van der Waals surface area contributed by atoms with Gasteiger partial charge in [-0.05, 0) is 119 Å². The lowest BCUT2D eigenvalue weighted by Crippen LogP contribution is -2.50. The first-order chi connectivity index (χ1) is 28.6. The Balaban J connectivity index is 0.000000202. The van der Waals surface area contributed by atoms with Gasteiger partial charge in [0.15, 0.2) is 0 Å². The topological polar surface area (TPSA) is 86.3 Å². The first-order valence-electron chi connectivity index (χ1n) is 20.2. The van der Waals surface area contributed by atoms with Crippen LogP contribution >= 0.6 is 0 Å². The molecule has 2 heterocycles. The molecule has 0 atom stereocenters. The molecule has 60 heavy (non-hydrogen) atoms. The molecule has 1 amide bonds. The molecule has 8 nitrogen and oxygen atoms in total. The van der Waals surface area contributed by atoms with E-state index in [4.69, 9.17) is 18.9 Å². The number of nitrogens with one attached hydrogen (secondary N) is 1. The second-order valence-electron chi connectivity index (χ2n) is 17.0. The molecule has 0 aliphatic carbocycles. The predicted octanol–water partition coefficient (Wildman–Crippen LogP) is 12.2. The molecule has 0 saturated carbocycles. The highest BCUT2D eigenvalue weighted by Gasteiger charge is 2.39. The van der Waals surface area contributed by atoms with Crippen molar-refractivity contribution in [1.82, 2.24) is 0 Å². The third-order valence-corrected chi connectivity index (χ3v) is 10.2. The lowest BCUT2D eigenvalue weighted by molar-refractivity contribution is -0.103. The van der Waals surface area contributed by atoms with Gasteiger partial charge in [-0.3, -0.25) is 9.69 Å². The SMILES string of the molecule is C=CCOc1ccccc1CC1=CC(C)(C)Nc2ccc(-c3ccccc3OC)cc21.COc1ccccc1-c1ccc2c(c1)C(C=O)=CC(C)(C)N2C(=O)OC(C)(C)C. The number of hydrogen-bond donors (Lipinski definition) is 1. The van der Waals surface area contributed by atoms with E-state index in [0.29, 0.717) is 23.4 Å². The third kappa shape index (κ3) is 9.66. The summed E-state index contributed by atoms with van der Waals surface area (Å²) in [4.78, 5) is 26.5. The van der Waals surface area contributed by atoms with Crippen LogP contribution < -0.4 is 24.4 Å². The summed E-state index contributed by atoms with van der Waals surface area (Å²) in [7, 11) is 3.34. The van der Waals surface area contributed by atoms with E-state index >= 15 is 0 Å². The average Bonchev–Trinajstić information content (AvgIpc) is 3.21. The van der Waals surface area contributed by atoms with E-state index in [1.807, 2.05) is 107 Å². The van der Waals surface area contributed by atoms with Gasteiger partial charge in [-0.25, -0.2) is 4.79 Å². The second-order valence-corrected chi connectivity index (χ2v) is 17.0. The number of benzene rings is 5. The largest absolute Gasteiger partial charge is 0.496 e. The Hall–Kier alpha value is -6.54. The van der Waals surface area contributed by atoms with E-state index in [-0.39, 0.29) is 5.54 Å². The summed E-state index contributed by atoms with van der Waals surface area (Å²) in [5.74, 6) is 2.52. The van der Waals surface area contributed by atoms with E-state index in [1.165, 1.54) is 16.7 Å². The van der Waals surface area contributed by atoms with Gasteiger partial charge in [-0.2, -0.15) is 0 Å². The van der Waals surface area contributed by atoms with Crippen LogP contribution in [0.15, 0.2) is 134 Å². The number of para-hydroxylation sites is 3. The quantitative estimate of drug-likeness (QED) is 0.111. The molecular weight excluding hydrogens is 749 g/mol. The smallest absolute Gasteiger partial charge is 0.415 e. The fourth-order valence-electron chi connectivity index (χ4n) is 7.74. The number of ether oxygens (including phenoxy) is 4. The Morgan fingerprint density at radius 2 is 1.30 bits per heavy atom. The lowest BCUT2D eigenvalue weighted by Gasteiger charge is -2.41. The van der Waals surface area contributed by atoms with E-state index < -0.39 is 17.2 Å². The third-order valence-electron chi connectivity index (χ3n) is 10.2. The van der Waals surface area contributed by atoms with Crippen LogP contribution in [0.1, 0.15) is 65.2 Å². The summed E-state index contributed by atoms with van der Waals surface area (Å²) in [6.07, 6.45) is 7.08. The highest BCUT2D eigenvalue weighted by molar-refractivity contribution is 6.14. The molecule has 0 aromatic heterocycles. The highest BCUT2D eigenvalue weighted by atomic mass is 16.6. The van der Waals surface area contributed by atoms with Crippen molar-refractivity contribution in [3.05, 3.63) is 151 Å². The summed E-state index contributed by atoms with van der Waals surface area (Å²) >= 11 is 0. The number of fused-ring (bicyclic) bond motifs is 2. The van der Waals surface area contributed by atoms with Crippen molar-refractivity contribution in [1.29, 1.82) is 0 Å². The van der Waals surface area contributed by atoms with Crippen LogP contribution in [-0.2, 0) is 16.0 Å². The van der Waals surface area contributed by atoms with Gasteiger partial charge in [0, 0.05) is 39.9 Å². The van der Waals surface area contributed by atoms with Gasteiger partial charge >= 0.3 is 6.09 Å². The monoisotopic (exact) mass is 804 g/mol. The molecule has 0 spiro atoms. The van der Waals surface area contributed by atoms with Gasteiger partial charge in [0.05, 0.1) is 31.0 Å². The maximum absolute atomic E-state index is 13.0. The molecule has 0 saturated heterocycles. The van der Waals surface area contributed by atoms with Crippen molar-refractivity contribution >= 4 is 34.9 Å². The molecule has 0 bridgehead atoms. The number of anilines is 2. The number of carbonyl (C=O) groups is 2. The summed E-state index contributed by atoms with van der Waals surface area (Å²) in [6, 6.07) is 36.4. The second kappa shape index (κ2) is 17.8. The number of hydrogen-bond acceptors (Lipinski definition) is 7. The fraction of sp³-hybridized carbons (Fsp3) is 0.269. The minimum absolute atomic E-state index is 0.134. The summed E-state index contributed by atoms with van der Waals surface area (Å²) < 4.78 is 22.6. The number of carbonyl (C=O) groups excluding carboxylic acids is 2. The fourth-order valence-corrected chi connectivity index (χ4v) is 7.74. The minimum atomic E-state index is -0.711. The van der Waals surface area contributed by atoms with Gasteiger partial charge in [0.25, 0.3) is 0 Å². The molecule has 5 aromatic carbocycles. The van der Waals surface area contributed by atoms with E-state index in [2.05, 4.69) is 68.2 Å². The first kappa shape index (κ1) is 43.0. The molecular formula is C52H56N2O6. The van der Waals surface area contributed by atoms with Crippen LogP contribution in [0.4, 0.5) is 16.2 Å². The van der Waals surface area contributed by atoms with Crippen molar-refractivity contribution in [3.63, 3.8) is 0 Å². The van der Waals surface area contributed by atoms with Crippen molar-refractivity contribution in [2.45, 2.75) is 71.6 Å². The van der Waals surface area contributed by atoms with Crippen LogP contribution in [0.2, 0.25) is 0 Å². The molecule has 0 unspecified atom stereocenters. The van der Waals surface area contributed by atoms with E-state index in [9.17, 15) is 9.59 Å². The number of allylic oxidation sites excluding steroid dienone is 2. The Morgan fingerprint density at radius 3 is 1.88 bits per heavy atom. The Kier molecular flexibility index (Phi) is 12.7. The molecule has 310 valence electrons. The van der Waals surface area contributed by atoms with Crippen molar-refractivity contribution in [3.8, 4) is 39.5 Å². The molecule has 8 heteroatoms. The normalized spacial score (nSPS) is 14.7. The standard InChI is InChI=1S/C28H29NO2.C24H27NO4/c1-5-16-31-26-12-8-6-10-21(26)17-22-19-28(2,3)29-25-15-14-20(18-24(22)25)23-11-7-9-13-27(23)30-4;1-23(2,3)29-22(27)25-20-12-11-16(18-9-7-8-10-21(18)28-6)13-19(20)17(15-26)14-24(25,4)5/h5-15,18-19,29H,1,16-17H2,2-4H3;7-15H,1-6H3. The number of amides is 1. The number of methoxy groups -OCH3 is 2. The van der Waals surface area contributed by atoms with Gasteiger partial charge in [-0.15, -0.1) is 0 Å². The summed E-state index contributed by atoms with van der Waals surface area (Å²) in [5.41, 5.74) is 9.25. The van der Waals surface area contributed by atoms with Gasteiger partial charge < -0.3 is 24.3 Å². The Bertz CT molecular complexity index is 2450. The van der Waals surface area contributed by atoms with Crippen LogP contribution in [0.5, 0.6) is 17.2 Å². The Labute approximate surface area is 355 Å². The summed E-state index contributed by atoms with van der Waals surface area (Å²) in [5, 5.41) is 3.66. The molecule has 0 fully saturated rings. The van der Waals surface area contributed by atoms with Crippen LogP contribution in [0, 0.1) is 0 Å². The number of rotatable bonds is 10. The Morgan fingerprint density at radius 1 is 0.733 bits per heavy atom. The molecule has 2 aliphatic rings. The van der Waals surface area contributed by atoms with E-state index in [0.717, 1.165) is 57.9 Å². The molecule has 2 aliphatic heterocycles. The van der Waals surface area contributed by atoms with Crippen molar-refractivity contribution < 1.29 is 28.5 Å². The van der Waals surface area contributed by atoms with Gasteiger partial charge in [0.2, 0.25) is 0 Å². The molecule has 7 rings (SSSR count). The molecule has 1 N–H and O–H groups in total. The molecule has 5 aromatic rings. The van der Waals surface area contributed by atoms with Crippen LogP contribution in [-0.4, -0.2) is 49.9 Å². The number of aldehydes is 1. The number of nitrogens with zero attached hydrogens (tertiary/aromatic N) is 1. The highest BCUT2D eigenvalue weighted by Crippen LogP contribution is 2.43. The maximum atomic E-state index is 13.0. The average molecular weight is 805 g/mol. The van der Waals surface area contributed by atoms with Crippen molar-refractivity contribution in [2.24, 2.45) is 0 Å². The predicted molar refractivity (Wildman–Crippen MR) is 245 cm³/mol. The van der Waals surface area contributed by atoms with Crippen molar-refractivity contribution in [2.75, 3.05) is 31.0 Å². The maximum Gasteiger partial charge on any atom is 0.415 e. The zero-order valence-corrected chi connectivity index (χ0v) is 36.2. The molecule has 0 radical (unpaired) electrons. The van der Waals surface area contributed by atoms with Crippen LogP contribution in [0.25, 0.3) is 33.4 Å².